The van der Waals surface area contributed by atoms with Crippen LogP contribution in [0.1, 0.15) is 16.7 Å². The first-order valence-corrected chi connectivity index (χ1v) is 6.00. The molecule has 0 radical (unpaired) electrons. The lowest BCUT2D eigenvalue weighted by atomic mass is 10.0. The minimum Gasteiger partial charge on any atom is -0.496 e. The summed E-state index contributed by atoms with van der Waals surface area (Å²) >= 11 is 5.72. The van der Waals surface area contributed by atoms with E-state index < -0.39 is 0 Å². The van der Waals surface area contributed by atoms with Crippen molar-refractivity contribution in [2.75, 3.05) is 26.6 Å². The molecule has 0 saturated heterocycles. The summed E-state index contributed by atoms with van der Waals surface area (Å²) < 4.78 is 5.40. The van der Waals surface area contributed by atoms with Gasteiger partial charge in [0.25, 0.3) is 0 Å². The molecule has 0 N–H and O–H groups in total. The molecule has 0 bridgehead atoms. The number of benzene rings is 1. The summed E-state index contributed by atoms with van der Waals surface area (Å²) in [5.41, 5.74) is 3.79. The van der Waals surface area contributed by atoms with Gasteiger partial charge in [-0.3, -0.25) is 0 Å². The molecule has 0 heterocycles. The van der Waals surface area contributed by atoms with Crippen molar-refractivity contribution in [2.45, 2.75) is 20.4 Å². The second-order valence-electron chi connectivity index (χ2n) is 4.18. The molecule has 1 rings (SSSR count). The summed E-state index contributed by atoms with van der Waals surface area (Å²) in [7, 11) is 3.78. The number of aryl methyl sites for hydroxylation is 2. The highest BCUT2D eigenvalue weighted by Crippen LogP contribution is 2.24. The van der Waals surface area contributed by atoms with E-state index >= 15 is 0 Å². The zero-order valence-electron chi connectivity index (χ0n) is 10.5. The highest BCUT2D eigenvalue weighted by atomic mass is 35.5. The Kier molecular flexibility index (Phi) is 5.10. The molecule has 0 aliphatic rings. The Bertz CT molecular complexity index is 352. The topological polar surface area (TPSA) is 12.5 Å². The molecular weight excluding hydrogens is 222 g/mol. The second kappa shape index (κ2) is 6.12. The Morgan fingerprint density at radius 1 is 1.25 bits per heavy atom. The van der Waals surface area contributed by atoms with Gasteiger partial charge in [-0.15, -0.1) is 11.6 Å². The highest BCUT2D eigenvalue weighted by Gasteiger charge is 2.08. The van der Waals surface area contributed by atoms with E-state index in [1.54, 1.807) is 7.11 Å². The Morgan fingerprint density at radius 3 is 2.44 bits per heavy atom. The summed E-state index contributed by atoms with van der Waals surface area (Å²) in [6, 6.07) is 4.29. The molecule has 2 nitrogen and oxygen atoms in total. The molecule has 0 atom stereocenters. The first-order chi connectivity index (χ1) is 7.58. The summed E-state index contributed by atoms with van der Waals surface area (Å²) in [6.45, 7) is 5.98. The largest absolute Gasteiger partial charge is 0.496 e. The van der Waals surface area contributed by atoms with Crippen LogP contribution in [-0.4, -0.2) is 31.5 Å². The molecule has 0 saturated carbocycles. The summed E-state index contributed by atoms with van der Waals surface area (Å²) in [6.07, 6.45) is 0. The molecule has 1 aromatic rings. The molecule has 0 aliphatic carbocycles. The van der Waals surface area contributed by atoms with Crippen molar-refractivity contribution in [3.8, 4) is 5.75 Å². The van der Waals surface area contributed by atoms with Crippen molar-refractivity contribution in [2.24, 2.45) is 0 Å². The van der Waals surface area contributed by atoms with Crippen molar-refractivity contribution in [3.63, 3.8) is 0 Å². The number of ether oxygens (including phenoxy) is 1. The zero-order chi connectivity index (χ0) is 12.1. The van der Waals surface area contributed by atoms with Gasteiger partial charge in [-0.25, -0.2) is 0 Å². The lowest BCUT2D eigenvalue weighted by Gasteiger charge is -2.18. The maximum atomic E-state index is 5.72. The van der Waals surface area contributed by atoms with Crippen LogP contribution in [0.25, 0.3) is 0 Å². The van der Waals surface area contributed by atoms with E-state index in [1.807, 2.05) is 0 Å². The number of methoxy groups -OCH3 is 1. The van der Waals surface area contributed by atoms with Gasteiger partial charge in [0.2, 0.25) is 0 Å². The number of rotatable bonds is 5. The fourth-order valence-electron chi connectivity index (χ4n) is 1.68. The van der Waals surface area contributed by atoms with Gasteiger partial charge in [0.15, 0.2) is 0 Å². The van der Waals surface area contributed by atoms with Gasteiger partial charge in [0, 0.05) is 24.5 Å². The van der Waals surface area contributed by atoms with Crippen molar-refractivity contribution >= 4 is 11.6 Å². The number of nitrogens with zero attached hydrogens (tertiary/aromatic N) is 1. The van der Waals surface area contributed by atoms with Gasteiger partial charge < -0.3 is 9.64 Å². The number of hydrogen-bond acceptors (Lipinski definition) is 2. The average Bonchev–Trinajstić information content (AvgIpc) is 2.23. The van der Waals surface area contributed by atoms with Crippen molar-refractivity contribution in [1.29, 1.82) is 0 Å². The maximum absolute atomic E-state index is 5.72. The van der Waals surface area contributed by atoms with Crippen molar-refractivity contribution in [1.82, 2.24) is 4.90 Å². The fourth-order valence-corrected chi connectivity index (χ4v) is 1.97. The molecule has 0 aliphatic heterocycles. The predicted molar refractivity (Wildman–Crippen MR) is 69.5 cm³/mol. The number of halogens is 1. The molecule has 0 fully saturated rings. The van der Waals surface area contributed by atoms with Crippen LogP contribution in [0.3, 0.4) is 0 Å². The minimum atomic E-state index is 0.656. The predicted octanol–water partition coefficient (Wildman–Crippen LogP) is 2.98. The van der Waals surface area contributed by atoms with Crippen LogP contribution < -0.4 is 4.74 Å². The van der Waals surface area contributed by atoms with Crippen LogP contribution in [0.2, 0.25) is 0 Å². The smallest absolute Gasteiger partial charge is 0.123 e. The lowest BCUT2D eigenvalue weighted by Crippen LogP contribution is -2.20. The van der Waals surface area contributed by atoms with Gasteiger partial charge in [0.05, 0.1) is 7.11 Å². The van der Waals surface area contributed by atoms with E-state index in [2.05, 4.69) is 37.9 Å². The monoisotopic (exact) mass is 241 g/mol. The normalized spacial score (nSPS) is 10.9. The molecule has 0 amide bonds. The van der Waals surface area contributed by atoms with Crippen molar-refractivity contribution < 1.29 is 4.74 Å². The average molecular weight is 242 g/mol. The van der Waals surface area contributed by atoms with Crippen LogP contribution in [-0.2, 0) is 6.54 Å². The maximum Gasteiger partial charge on any atom is 0.123 e. The van der Waals surface area contributed by atoms with Crippen molar-refractivity contribution in [3.05, 3.63) is 28.8 Å². The molecule has 0 aromatic heterocycles. The van der Waals surface area contributed by atoms with E-state index in [4.69, 9.17) is 16.3 Å². The fraction of sp³-hybridized carbons (Fsp3) is 0.538. The van der Waals surface area contributed by atoms with E-state index in [-0.39, 0.29) is 0 Å². The van der Waals surface area contributed by atoms with E-state index in [9.17, 15) is 0 Å². The lowest BCUT2D eigenvalue weighted by molar-refractivity contribution is 0.334. The molecule has 0 spiro atoms. The first kappa shape index (κ1) is 13.3. The molecular formula is C13H20ClNO. The van der Waals surface area contributed by atoms with Gasteiger partial charge >= 0.3 is 0 Å². The summed E-state index contributed by atoms with van der Waals surface area (Å²) in [5, 5.41) is 0. The third-order valence-electron chi connectivity index (χ3n) is 2.80. The zero-order valence-corrected chi connectivity index (χ0v) is 11.3. The molecule has 3 heteroatoms. The number of hydrogen-bond donors (Lipinski definition) is 0. The third-order valence-corrected chi connectivity index (χ3v) is 2.97. The van der Waals surface area contributed by atoms with Gasteiger partial charge in [-0.2, -0.15) is 0 Å². The Hall–Kier alpha value is -0.730. The third kappa shape index (κ3) is 3.39. The highest BCUT2D eigenvalue weighted by molar-refractivity contribution is 6.18. The van der Waals surface area contributed by atoms with Gasteiger partial charge in [0.1, 0.15) is 5.75 Å². The standard InChI is InChI=1S/C13H20ClNO/c1-10-7-12(9-15(3)6-5-14)13(16-4)8-11(10)2/h7-8H,5-6,9H2,1-4H3. The van der Waals surface area contributed by atoms with Crippen LogP contribution in [0, 0.1) is 13.8 Å². The quantitative estimate of drug-likeness (QED) is 0.735. The SMILES string of the molecule is COc1cc(C)c(C)cc1CN(C)CCCl. The van der Waals surface area contributed by atoms with Crippen LogP contribution in [0.4, 0.5) is 0 Å². The summed E-state index contributed by atoms with van der Waals surface area (Å²) in [4.78, 5) is 2.19. The van der Waals surface area contributed by atoms with Gasteiger partial charge in [-0.05, 0) is 38.1 Å². The van der Waals surface area contributed by atoms with Crippen LogP contribution in [0.5, 0.6) is 5.75 Å². The Morgan fingerprint density at radius 2 is 1.88 bits per heavy atom. The summed E-state index contributed by atoms with van der Waals surface area (Å²) in [5.74, 6) is 1.62. The molecule has 90 valence electrons. The minimum absolute atomic E-state index is 0.656. The van der Waals surface area contributed by atoms with E-state index in [1.165, 1.54) is 16.7 Å². The second-order valence-corrected chi connectivity index (χ2v) is 4.55. The number of alkyl halides is 1. The molecule has 0 unspecified atom stereocenters. The molecule has 1 aromatic carbocycles. The molecule has 16 heavy (non-hydrogen) atoms. The first-order valence-electron chi connectivity index (χ1n) is 5.47. The Labute approximate surface area is 103 Å². The van der Waals surface area contributed by atoms with Crippen LogP contribution in [0.15, 0.2) is 12.1 Å². The van der Waals surface area contributed by atoms with Crippen LogP contribution >= 0.6 is 11.6 Å². The van der Waals surface area contributed by atoms with Gasteiger partial charge in [-0.1, -0.05) is 6.07 Å². The van der Waals surface area contributed by atoms with E-state index in [0.29, 0.717) is 5.88 Å². The van der Waals surface area contributed by atoms with E-state index in [0.717, 1.165) is 18.8 Å². The Balaban J connectivity index is 2.89.